The molecule has 0 aromatic heterocycles. The number of likely N-dealkylation sites (tertiary alicyclic amines) is 1. The summed E-state index contributed by atoms with van der Waals surface area (Å²) in [5.41, 5.74) is 0.891. The predicted octanol–water partition coefficient (Wildman–Crippen LogP) is 1.34. The van der Waals surface area contributed by atoms with Gasteiger partial charge in [0.15, 0.2) is 0 Å². The Morgan fingerprint density at radius 1 is 1.22 bits per heavy atom. The van der Waals surface area contributed by atoms with Crippen LogP contribution in [0.2, 0.25) is 0 Å². The Kier molecular flexibility index (Phi) is 7.52. The normalized spacial score (nSPS) is 18.4. The van der Waals surface area contributed by atoms with Gasteiger partial charge in [-0.15, -0.1) is 0 Å². The third-order valence-corrected chi connectivity index (χ3v) is 4.81. The van der Waals surface area contributed by atoms with E-state index in [1.807, 2.05) is 37.3 Å². The van der Waals surface area contributed by atoms with Crippen molar-refractivity contribution in [3.05, 3.63) is 35.9 Å². The zero-order chi connectivity index (χ0) is 19.8. The van der Waals surface area contributed by atoms with Crippen LogP contribution in [0.15, 0.2) is 30.3 Å². The number of rotatable bonds is 9. The number of hydrogen-bond donors (Lipinski definition) is 2. The van der Waals surface area contributed by atoms with Crippen molar-refractivity contribution < 1.29 is 19.2 Å². The molecule has 0 aliphatic carbocycles. The van der Waals surface area contributed by atoms with E-state index in [1.54, 1.807) is 6.92 Å². The molecule has 3 atom stereocenters. The molecular formula is C20H27N3O4. The minimum atomic E-state index is -0.889. The lowest BCUT2D eigenvalue weighted by Crippen LogP contribution is -2.52. The van der Waals surface area contributed by atoms with Gasteiger partial charge >= 0.3 is 0 Å². The minimum absolute atomic E-state index is 0.319. The third-order valence-electron chi connectivity index (χ3n) is 4.81. The van der Waals surface area contributed by atoms with Gasteiger partial charge in [-0.05, 0) is 31.7 Å². The Labute approximate surface area is 159 Å². The van der Waals surface area contributed by atoms with Gasteiger partial charge in [0.25, 0.3) is 5.91 Å². The van der Waals surface area contributed by atoms with E-state index < -0.39 is 23.8 Å². The number of hydrogen-bond acceptors (Lipinski definition) is 4. The molecule has 1 aliphatic heterocycles. The van der Waals surface area contributed by atoms with Crippen molar-refractivity contribution in [2.24, 2.45) is 0 Å². The second-order valence-electron chi connectivity index (χ2n) is 6.82. The molecule has 2 N–H and O–H groups in total. The van der Waals surface area contributed by atoms with Gasteiger partial charge in [0.2, 0.25) is 18.1 Å². The fourth-order valence-corrected chi connectivity index (χ4v) is 3.27. The summed E-state index contributed by atoms with van der Waals surface area (Å²) in [6.07, 6.45) is 2.97. The lowest BCUT2D eigenvalue weighted by atomic mass is 10.0. The van der Waals surface area contributed by atoms with Crippen molar-refractivity contribution >= 4 is 24.0 Å². The molecule has 2 rings (SSSR count). The van der Waals surface area contributed by atoms with Crippen LogP contribution in [0.4, 0.5) is 0 Å². The smallest absolute Gasteiger partial charge is 0.290 e. The zero-order valence-corrected chi connectivity index (χ0v) is 15.8. The molecule has 2 unspecified atom stereocenters. The maximum atomic E-state index is 12.6. The first-order valence-electron chi connectivity index (χ1n) is 9.39. The van der Waals surface area contributed by atoms with Crippen LogP contribution in [-0.4, -0.2) is 47.5 Å². The maximum Gasteiger partial charge on any atom is 0.290 e. The highest BCUT2D eigenvalue weighted by Gasteiger charge is 2.33. The van der Waals surface area contributed by atoms with Gasteiger partial charge in [-0.3, -0.25) is 19.2 Å². The first-order valence-corrected chi connectivity index (χ1v) is 9.39. The summed E-state index contributed by atoms with van der Waals surface area (Å²) < 4.78 is 0. The van der Waals surface area contributed by atoms with E-state index in [-0.39, 0.29) is 11.9 Å². The van der Waals surface area contributed by atoms with Crippen molar-refractivity contribution in [2.45, 2.75) is 57.7 Å². The molecule has 1 aromatic rings. The van der Waals surface area contributed by atoms with Gasteiger partial charge in [0, 0.05) is 6.54 Å². The minimum Gasteiger partial charge on any atom is -0.344 e. The topological polar surface area (TPSA) is 95.6 Å². The second-order valence-corrected chi connectivity index (χ2v) is 6.82. The van der Waals surface area contributed by atoms with Crippen molar-refractivity contribution in [2.75, 3.05) is 6.54 Å². The summed E-state index contributed by atoms with van der Waals surface area (Å²) >= 11 is 0. The molecule has 146 valence electrons. The summed E-state index contributed by atoms with van der Waals surface area (Å²) in [5.74, 6) is -1.76. The maximum absolute atomic E-state index is 12.6. The van der Waals surface area contributed by atoms with E-state index in [0.29, 0.717) is 32.2 Å². The second kappa shape index (κ2) is 9.85. The Morgan fingerprint density at radius 3 is 2.56 bits per heavy atom. The number of amides is 3. The van der Waals surface area contributed by atoms with E-state index in [4.69, 9.17) is 0 Å². The van der Waals surface area contributed by atoms with Crippen molar-refractivity contribution in [3.8, 4) is 0 Å². The molecule has 0 saturated carbocycles. The molecule has 0 radical (unpaired) electrons. The largest absolute Gasteiger partial charge is 0.344 e. The first kappa shape index (κ1) is 20.6. The molecule has 3 amide bonds. The van der Waals surface area contributed by atoms with Gasteiger partial charge in [0.05, 0.1) is 12.1 Å². The average molecular weight is 373 g/mol. The molecule has 1 aliphatic rings. The summed E-state index contributed by atoms with van der Waals surface area (Å²) in [6, 6.07) is 7.56. The van der Waals surface area contributed by atoms with E-state index in [1.165, 1.54) is 4.90 Å². The van der Waals surface area contributed by atoms with Crippen molar-refractivity contribution in [1.82, 2.24) is 15.5 Å². The van der Waals surface area contributed by atoms with Crippen LogP contribution in [-0.2, 0) is 19.2 Å². The lowest BCUT2D eigenvalue weighted by molar-refractivity contribution is -0.141. The summed E-state index contributed by atoms with van der Waals surface area (Å²) in [5, 5.41) is 5.36. The Hall–Kier alpha value is -2.70. The van der Waals surface area contributed by atoms with Gasteiger partial charge in [-0.1, -0.05) is 43.7 Å². The number of carbonyl (C=O) groups is 4. The number of Topliss-reactive ketones (excluding diaryl/α,β-unsaturated/α-hetero) is 1. The standard InChI is InChI=1S/C20H27N3O4/c1-3-8-16(22-19(26)17-11-7-12-23(17)13-24)18(25)20(27)21-14(2)15-9-5-4-6-10-15/h4-6,9-10,13-14,16-17H,3,7-8,11-12H2,1-2H3,(H,21,27)(H,22,26)/t14?,16-,17?/m0/s1. The van der Waals surface area contributed by atoms with Crippen LogP contribution in [0.3, 0.4) is 0 Å². The molecule has 7 heteroatoms. The quantitative estimate of drug-likeness (QED) is 0.504. The van der Waals surface area contributed by atoms with Crippen LogP contribution in [0, 0.1) is 0 Å². The molecule has 1 fully saturated rings. The highest BCUT2D eigenvalue weighted by Crippen LogP contribution is 2.16. The van der Waals surface area contributed by atoms with Gasteiger partial charge < -0.3 is 15.5 Å². The molecule has 27 heavy (non-hydrogen) atoms. The van der Waals surface area contributed by atoms with Crippen molar-refractivity contribution in [1.29, 1.82) is 0 Å². The van der Waals surface area contributed by atoms with E-state index in [9.17, 15) is 19.2 Å². The lowest BCUT2D eigenvalue weighted by Gasteiger charge is -2.23. The monoisotopic (exact) mass is 373 g/mol. The number of carbonyl (C=O) groups excluding carboxylic acids is 4. The van der Waals surface area contributed by atoms with E-state index in [0.717, 1.165) is 12.0 Å². The predicted molar refractivity (Wildman–Crippen MR) is 101 cm³/mol. The van der Waals surface area contributed by atoms with Gasteiger partial charge in [-0.2, -0.15) is 0 Å². The van der Waals surface area contributed by atoms with Gasteiger partial charge in [0.1, 0.15) is 6.04 Å². The SMILES string of the molecule is CCC[C@H](NC(=O)C1CCCN1C=O)C(=O)C(=O)NC(C)c1ccccc1. The Bertz CT molecular complexity index is 677. The Morgan fingerprint density at radius 2 is 1.93 bits per heavy atom. The summed E-state index contributed by atoms with van der Waals surface area (Å²) in [6.45, 7) is 4.21. The molecule has 0 spiro atoms. The van der Waals surface area contributed by atoms with Crippen LogP contribution in [0.25, 0.3) is 0 Å². The number of ketones is 1. The van der Waals surface area contributed by atoms with Crippen LogP contribution in [0.5, 0.6) is 0 Å². The highest BCUT2D eigenvalue weighted by atomic mass is 16.2. The van der Waals surface area contributed by atoms with Crippen LogP contribution >= 0.6 is 0 Å². The van der Waals surface area contributed by atoms with Crippen molar-refractivity contribution in [3.63, 3.8) is 0 Å². The fourth-order valence-electron chi connectivity index (χ4n) is 3.27. The molecule has 1 aromatic carbocycles. The number of benzene rings is 1. The zero-order valence-electron chi connectivity index (χ0n) is 15.8. The summed E-state index contributed by atoms with van der Waals surface area (Å²) in [4.78, 5) is 49.9. The molecule has 1 saturated heterocycles. The molecule has 0 bridgehead atoms. The van der Waals surface area contributed by atoms with E-state index in [2.05, 4.69) is 10.6 Å². The van der Waals surface area contributed by atoms with E-state index >= 15 is 0 Å². The fraction of sp³-hybridized carbons (Fsp3) is 0.500. The molecule has 1 heterocycles. The van der Waals surface area contributed by atoms with Gasteiger partial charge in [-0.25, -0.2) is 0 Å². The molecular weight excluding hydrogens is 346 g/mol. The Balaban J connectivity index is 1.99. The number of nitrogens with one attached hydrogen (secondary N) is 2. The number of nitrogens with zero attached hydrogens (tertiary/aromatic N) is 1. The van der Waals surface area contributed by atoms with Crippen LogP contribution in [0.1, 0.15) is 51.1 Å². The summed E-state index contributed by atoms with van der Waals surface area (Å²) in [7, 11) is 0. The van der Waals surface area contributed by atoms with Crippen LogP contribution < -0.4 is 10.6 Å². The third kappa shape index (κ3) is 5.39. The average Bonchev–Trinajstić information content (AvgIpc) is 3.16. The first-order chi connectivity index (χ1) is 13.0. The molecule has 7 nitrogen and oxygen atoms in total. The highest BCUT2D eigenvalue weighted by molar-refractivity contribution is 6.38.